The highest BCUT2D eigenvalue weighted by atomic mass is 16.7. The van der Waals surface area contributed by atoms with Crippen molar-refractivity contribution >= 4 is 29.2 Å². The number of rotatable bonds is 10. The van der Waals surface area contributed by atoms with E-state index in [1.165, 1.54) is 32.5 Å². The van der Waals surface area contributed by atoms with Gasteiger partial charge in [-0.25, -0.2) is 9.97 Å². The first kappa shape index (κ1) is 39.4. The number of aliphatic hydroxyl groups excluding tert-OH is 3. The molecular weight excluding hydrogens is 738 g/mol. The molecule has 57 heavy (non-hydrogen) atoms. The number of phenols is 1. The molecular formula is C40H45N7O10. The molecule has 2 aliphatic carbocycles. The summed E-state index contributed by atoms with van der Waals surface area (Å²) in [4.78, 5) is 41.3. The number of hydrogen-bond donors (Lipinski definition) is 9. The molecule has 12 N–H and O–H groups in total. The summed E-state index contributed by atoms with van der Waals surface area (Å²) in [7, 11) is 2.86. The van der Waals surface area contributed by atoms with Gasteiger partial charge >= 0.3 is 0 Å². The van der Waals surface area contributed by atoms with Crippen LogP contribution in [0.2, 0.25) is 0 Å². The van der Waals surface area contributed by atoms with E-state index in [9.17, 15) is 35.1 Å². The zero-order valence-corrected chi connectivity index (χ0v) is 31.3. The Morgan fingerprint density at radius 2 is 1.79 bits per heavy atom. The fourth-order valence-corrected chi connectivity index (χ4v) is 8.13. The number of pyridine rings is 2. The summed E-state index contributed by atoms with van der Waals surface area (Å²) in [5.41, 5.74) is 17.5. The Bertz CT molecular complexity index is 2230. The van der Waals surface area contributed by atoms with E-state index in [4.69, 9.17) is 31.4 Å². The minimum Gasteiger partial charge on any atom is -0.507 e. The summed E-state index contributed by atoms with van der Waals surface area (Å²) < 4.78 is 17.4. The fourth-order valence-electron chi connectivity index (χ4n) is 8.13. The maximum absolute atomic E-state index is 14.7. The minimum absolute atomic E-state index is 0.0353. The number of benzene rings is 2. The van der Waals surface area contributed by atoms with Gasteiger partial charge in [-0.1, -0.05) is 6.07 Å². The molecule has 0 unspecified atom stereocenters. The Hall–Kier alpha value is -5.85. The molecule has 2 aromatic heterocycles. The SMILES string of the molecule is CN=C(N)N[C@@H]1CC[C@@H](Cc2ccc(N)nc2)c2cc3c(c(O)c21)C(=O)c1c(O[C@@H]2O[C@H](CO)[C@](O)(CCc4ccnc(N)c4)[C@H](O)[C@H]2O)cc(OC)cc1C3=O. The van der Waals surface area contributed by atoms with Crippen LogP contribution in [0, 0.1) is 0 Å². The number of hydrogen-bond acceptors (Lipinski definition) is 15. The zero-order chi connectivity index (χ0) is 40.8. The van der Waals surface area contributed by atoms with Crippen molar-refractivity contribution in [3.63, 3.8) is 0 Å². The third-order valence-electron chi connectivity index (χ3n) is 11.2. The third-order valence-corrected chi connectivity index (χ3v) is 11.2. The molecule has 1 saturated heterocycles. The highest BCUT2D eigenvalue weighted by Gasteiger charge is 2.55. The van der Waals surface area contributed by atoms with Crippen LogP contribution in [0.15, 0.2) is 59.9 Å². The Kier molecular flexibility index (Phi) is 10.8. The number of anilines is 2. The van der Waals surface area contributed by atoms with E-state index in [2.05, 4.69) is 20.3 Å². The Labute approximate surface area is 327 Å². The van der Waals surface area contributed by atoms with Crippen molar-refractivity contribution in [3.8, 4) is 17.2 Å². The number of aromatic hydroxyl groups is 1. The van der Waals surface area contributed by atoms with Gasteiger partial charge < -0.3 is 62.3 Å². The molecule has 0 spiro atoms. The first-order chi connectivity index (χ1) is 27.3. The summed E-state index contributed by atoms with van der Waals surface area (Å²) in [6, 6.07) is 10.6. The van der Waals surface area contributed by atoms with Crippen LogP contribution in [0.5, 0.6) is 17.2 Å². The highest BCUT2D eigenvalue weighted by Crippen LogP contribution is 2.49. The number of nitrogens with two attached hydrogens (primary N) is 3. The molecule has 0 amide bonds. The van der Waals surface area contributed by atoms with E-state index in [0.29, 0.717) is 41.8 Å². The number of phenolic OH excluding ortho intramolecular Hbond substituents is 1. The number of guanidine groups is 1. The average Bonchev–Trinajstić information content (AvgIpc) is 3.20. The van der Waals surface area contributed by atoms with Gasteiger partial charge in [0.25, 0.3) is 0 Å². The van der Waals surface area contributed by atoms with Gasteiger partial charge in [-0.15, -0.1) is 0 Å². The van der Waals surface area contributed by atoms with Crippen molar-refractivity contribution in [3.05, 3.63) is 99.4 Å². The number of methoxy groups -OCH3 is 1. The molecule has 300 valence electrons. The zero-order valence-electron chi connectivity index (χ0n) is 31.3. The number of aliphatic hydroxyl groups is 4. The van der Waals surface area contributed by atoms with Gasteiger partial charge in [0.15, 0.2) is 11.7 Å². The lowest BCUT2D eigenvalue weighted by Gasteiger charge is -2.47. The minimum atomic E-state index is -2.14. The number of ketones is 2. The molecule has 0 saturated carbocycles. The lowest BCUT2D eigenvalue weighted by Crippen LogP contribution is -2.68. The summed E-state index contributed by atoms with van der Waals surface area (Å²) in [5, 5.41) is 59.7. The first-order valence-corrected chi connectivity index (χ1v) is 18.4. The predicted molar refractivity (Wildman–Crippen MR) is 206 cm³/mol. The molecule has 17 nitrogen and oxygen atoms in total. The summed E-state index contributed by atoms with van der Waals surface area (Å²) in [5.74, 6) is -1.41. The van der Waals surface area contributed by atoms with Crippen LogP contribution in [-0.2, 0) is 17.6 Å². The van der Waals surface area contributed by atoms with Gasteiger partial charge in [0.05, 0.1) is 30.9 Å². The quantitative estimate of drug-likeness (QED) is 0.0705. The number of aliphatic imine (C=N–C) groups is 1. The lowest BCUT2D eigenvalue weighted by atomic mass is 9.72. The Balaban J connectivity index is 1.25. The molecule has 0 bridgehead atoms. The predicted octanol–water partition coefficient (Wildman–Crippen LogP) is 1.01. The van der Waals surface area contributed by atoms with Gasteiger partial charge in [-0.3, -0.25) is 14.6 Å². The standard InChI is InChI=1S/C40H45N7O10/c1-44-39(43)47-25-5-4-20(11-19-3-6-28(41)46-16-19)22-15-24-32(34(50)30(22)25)35(51)31-23(33(24)49)13-21(55-2)14-26(31)56-38-36(52)37(53)40(54,27(17-48)57-38)9-7-18-8-10-45-29(42)12-18/h3,6,8,10,12-16,20,25,27,36-38,48,50,52-54H,4-5,7,9,11,17H2,1-2H3,(H2,41,46)(H2,42,45)(H3,43,44,47)/t20-,25+,27+,36+,37+,38+,40+/m0/s1. The maximum atomic E-state index is 14.7. The van der Waals surface area contributed by atoms with Crippen molar-refractivity contribution in [1.82, 2.24) is 15.3 Å². The second kappa shape index (κ2) is 15.6. The topological polar surface area (TPSA) is 291 Å². The monoisotopic (exact) mass is 783 g/mol. The van der Waals surface area contributed by atoms with E-state index < -0.39 is 60.2 Å². The first-order valence-electron chi connectivity index (χ1n) is 18.4. The van der Waals surface area contributed by atoms with E-state index in [0.717, 1.165) is 5.56 Å². The van der Waals surface area contributed by atoms with E-state index >= 15 is 0 Å². The van der Waals surface area contributed by atoms with Crippen LogP contribution < -0.4 is 32.0 Å². The van der Waals surface area contributed by atoms with Crippen molar-refractivity contribution < 1.29 is 49.3 Å². The van der Waals surface area contributed by atoms with Crippen LogP contribution in [0.25, 0.3) is 0 Å². The van der Waals surface area contributed by atoms with Crippen LogP contribution in [0.4, 0.5) is 11.6 Å². The van der Waals surface area contributed by atoms with E-state index in [1.54, 1.807) is 30.5 Å². The second-order valence-electron chi connectivity index (χ2n) is 14.5. The molecule has 1 aliphatic heterocycles. The highest BCUT2D eigenvalue weighted by molar-refractivity contribution is 6.30. The Morgan fingerprint density at radius 3 is 2.47 bits per heavy atom. The number of nitrogen functional groups attached to an aromatic ring is 2. The molecule has 2 aromatic carbocycles. The van der Waals surface area contributed by atoms with E-state index in [1.807, 2.05) is 6.07 Å². The molecule has 7 atom stereocenters. The lowest BCUT2D eigenvalue weighted by molar-refractivity contribution is -0.314. The van der Waals surface area contributed by atoms with Crippen LogP contribution in [0.1, 0.15) is 85.3 Å². The number of carbonyl (C=O) groups is 2. The number of nitrogens with one attached hydrogen (secondary N) is 1. The summed E-state index contributed by atoms with van der Waals surface area (Å²) in [6.45, 7) is -0.781. The molecule has 4 aromatic rings. The molecule has 17 heteroatoms. The fraction of sp³-hybridized carbons (Fsp3) is 0.375. The number of nitrogens with zero attached hydrogens (tertiary/aromatic N) is 3. The number of aryl methyl sites for hydroxylation is 1. The van der Waals surface area contributed by atoms with Crippen LogP contribution in [0.3, 0.4) is 0 Å². The maximum Gasteiger partial charge on any atom is 0.229 e. The molecule has 3 aliphatic rings. The van der Waals surface area contributed by atoms with Gasteiger partial charge in [0, 0.05) is 42.2 Å². The summed E-state index contributed by atoms with van der Waals surface area (Å²) in [6.07, 6.45) is -2.20. The molecule has 3 heterocycles. The van der Waals surface area contributed by atoms with Crippen LogP contribution >= 0.6 is 0 Å². The average molecular weight is 784 g/mol. The molecule has 0 radical (unpaired) electrons. The van der Waals surface area contributed by atoms with E-state index in [-0.39, 0.29) is 64.3 Å². The van der Waals surface area contributed by atoms with Crippen molar-refractivity contribution in [2.75, 3.05) is 32.2 Å². The third kappa shape index (κ3) is 7.19. The summed E-state index contributed by atoms with van der Waals surface area (Å²) >= 11 is 0. The van der Waals surface area contributed by atoms with Crippen molar-refractivity contribution in [1.29, 1.82) is 0 Å². The van der Waals surface area contributed by atoms with Crippen molar-refractivity contribution in [2.45, 2.75) is 74.3 Å². The normalized spacial score (nSPS) is 25.6. The Morgan fingerprint density at radius 1 is 1.02 bits per heavy atom. The van der Waals surface area contributed by atoms with Gasteiger partial charge in [0.1, 0.15) is 52.8 Å². The molecule has 7 rings (SSSR count). The smallest absolute Gasteiger partial charge is 0.229 e. The number of aromatic nitrogens is 2. The van der Waals surface area contributed by atoms with Gasteiger partial charge in [-0.05, 0) is 85.0 Å². The van der Waals surface area contributed by atoms with Gasteiger partial charge in [0.2, 0.25) is 12.1 Å². The molecule has 1 fully saturated rings. The number of carbonyl (C=O) groups excluding carboxylic acids is 2. The van der Waals surface area contributed by atoms with Crippen molar-refractivity contribution in [2.24, 2.45) is 10.7 Å². The van der Waals surface area contributed by atoms with Gasteiger partial charge in [-0.2, -0.15) is 0 Å². The largest absolute Gasteiger partial charge is 0.507 e. The van der Waals surface area contributed by atoms with Crippen LogP contribution in [-0.4, -0.2) is 104 Å². The second-order valence-corrected chi connectivity index (χ2v) is 14.5. The number of ether oxygens (including phenoxy) is 3. The number of fused-ring (bicyclic) bond motifs is 3.